The van der Waals surface area contributed by atoms with Gasteiger partial charge in [0.05, 0.1) is 6.10 Å². The summed E-state index contributed by atoms with van der Waals surface area (Å²) in [4.78, 5) is 11.0. The normalized spacial score (nSPS) is 11.4. The molecular formula is C17H21ClN2O5. The molecule has 2 aromatic rings. The molecule has 25 heavy (non-hydrogen) atoms. The van der Waals surface area contributed by atoms with Gasteiger partial charge in [-0.2, -0.15) is 0 Å². The number of halogens is 1. The molecule has 0 aliphatic heterocycles. The highest BCUT2D eigenvalue weighted by Gasteiger charge is 2.09. The second kappa shape index (κ2) is 9.73. The number of amides is 1. The molecule has 0 aromatic heterocycles. The average molecular weight is 369 g/mol. The lowest BCUT2D eigenvalue weighted by Gasteiger charge is -2.13. The van der Waals surface area contributed by atoms with E-state index < -0.39 is 12.0 Å². The van der Waals surface area contributed by atoms with E-state index in [0.717, 1.165) is 0 Å². The van der Waals surface area contributed by atoms with Crippen LogP contribution in [0.25, 0.3) is 0 Å². The first kappa shape index (κ1) is 20.6. The minimum atomic E-state index is -0.814. The molecule has 0 saturated heterocycles. The number of ether oxygens (including phenoxy) is 1. The number of phenols is 2. The van der Waals surface area contributed by atoms with Crippen LogP contribution in [0.4, 0.5) is 0 Å². The van der Waals surface area contributed by atoms with Crippen LogP contribution >= 0.6 is 12.4 Å². The van der Waals surface area contributed by atoms with Gasteiger partial charge in [-0.3, -0.25) is 4.79 Å². The molecule has 1 unspecified atom stereocenters. The Labute approximate surface area is 151 Å². The van der Waals surface area contributed by atoms with Gasteiger partial charge in [-0.25, -0.2) is 0 Å². The fourth-order valence-corrected chi connectivity index (χ4v) is 2.06. The van der Waals surface area contributed by atoms with E-state index in [1.807, 2.05) is 0 Å². The lowest BCUT2D eigenvalue weighted by atomic mass is 10.1. The Balaban J connectivity index is 0.00000312. The summed E-state index contributed by atoms with van der Waals surface area (Å²) < 4.78 is 5.49. The van der Waals surface area contributed by atoms with Crippen LogP contribution < -0.4 is 15.8 Å². The van der Waals surface area contributed by atoms with Gasteiger partial charge in [-0.1, -0.05) is 6.07 Å². The molecule has 0 spiro atoms. The average Bonchev–Trinajstić information content (AvgIpc) is 2.57. The number of benzene rings is 2. The number of aliphatic hydroxyl groups is 1. The highest BCUT2D eigenvalue weighted by molar-refractivity contribution is 5.92. The van der Waals surface area contributed by atoms with E-state index in [-0.39, 0.29) is 30.5 Å². The number of carbonyl (C=O) groups is 1. The number of nitrogens with one attached hydrogen (secondary N) is 1. The lowest BCUT2D eigenvalue weighted by Crippen LogP contribution is -2.26. The smallest absolute Gasteiger partial charge is 0.248 e. The van der Waals surface area contributed by atoms with Crippen LogP contribution in [0.5, 0.6) is 17.2 Å². The van der Waals surface area contributed by atoms with Crippen molar-refractivity contribution in [3.05, 3.63) is 53.6 Å². The maximum atomic E-state index is 11.0. The zero-order valence-corrected chi connectivity index (χ0v) is 14.2. The second-order valence-electron chi connectivity index (χ2n) is 5.21. The number of nitrogens with two attached hydrogens (primary N) is 1. The summed E-state index contributed by atoms with van der Waals surface area (Å²) in [6, 6.07) is 10.7. The maximum absolute atomic E-state index is 11.0. The quantitative estimate of drug-likeness (QED) is 0.353. The molecule has 8 heteroatoms. The fraction of sp³-hybridized carbons (Fsp3) is 0.235. The predicted molar refractivity (Wildman–Crippen MR) is 95.3 cm³/mol. The van der Waals surface area contributed by atoms with E-state index in [0.29, 0.717) is 30.0 Å². The molecule has 0 fully saturated rings. The van der Waals surface area contributed by atoms with Gasteiger partial charge in [0.2, 0.25) is 5.91 Å². The van der Waals surface area contributed by atoms with Gasteiger partial charge >= 0.3 is 0 Å². The molecular weight excluding hydrogens is 348 g/mol. The summed E-state index contributed by atoms with van der Waals surface area (Å²) in [7, 11) is 0. The van der Waals surface area contributed by atoms with Crippen molar-refractivity contribution >= 4 is 18.3 Å². The Kier molecular flexibility index (Phi) is 8.00. The molecule has 0 radical (unpaired) electrons. The molecule has 1 atom stereocenters. The van der Waals surface area contributed by atoms with Crippen LogP contribution in [-0.4, -0.2) is 40.9 Å². The van der Waals surface area contributed by atoms with Gasteiger partial charge in [0.1, 0.15) is 12.4 Å². The molecule has 6 N–H and O–H groups in total. The molecule has 0 aliphatic rings. The van der Waals surface area contributed by atoms with Gasteiger partial charge in [0.15, 0.2) is 11.5 Å². The molecule has 2 rings (SSSR count). The number of hydrogen-bond donors (Lipinski definition) is 5. The van der Waals surface area contributed by atoms with Crippen LogP contribution in [0.3, 0.4) is 0 Å². The van der Waals surface area contributed by atoms with Crippen LogP contribution in [0.2, 0.25) is 0 Å². The summed E-state index contributed by atoms with van der Waals surface area (Å²) >= 11 is 0. The van der Waals surface area contributed by atoms with Crippen molar-refractivity contribution in [2.24, 2.45) is 5.73 Å². The Morgan fingerprint density at radius 2 is 1.80 bits per heavy atom. The standard InChI is InChI=1S/C17H20N2O5.ClH/c18-17(23)11-1-4-13(5-2-11)24-8-7-19-10-16(22)12-3-6-14(20)15(21)9-12;/h1-6,9,16,19-22H,7-8,10H2,(H2,18,23);1H. The predicted octanol–water partition coefficient (Wildman–Crippen LogP) is 1.32. The zero-order valence-electron chi connectivity index (χ0n) is 13.4. The maximum Gasteiger partial charge on any atom is 0.248 e. The fourth-order valence-electron chi connectivity index (χ4n) is 2.06. The van der Waals surface area contributed by atoms with Crippen molar-refractivity contribution in [1.82, 2.24) is 5.32 Å². The molecule has 0 saturated carbocycles. The van der Waals surface area contributed by atoms with E-state index in [9.17, 15) is 20.1 Å². The van der Waals surface area contributed by atoms with Crippen molar-refractivity contribution in [2.45, 2.75) is 6.10 Å². The summed E-state index contributed by atoms with van der Waals surface area (Å²) in [5.74, 6) is -0.368. The van der Waals surface area contributed by atoms with E-state index in [2.05, 4.69) is 5.32 Å². The molecule has 7 nitrogen and oxygen atoms in total. The SMILES string of the molecule is Cl.NC(=O)c1ccc(OCCNCC(O)c2ccc(O)c(O)c2)cc1. The van der Waals surface area contributed by atoms with E-state index in [4.69, 9.17) is 10.5 Å². The highest BCUT2D eigenvalue weighted by atomic mass is 35.5. The lowest BCUT2D eigenvalue weighted by molar-refractivity contribution is 0.1000. The number of primary amides is 1. The largest absolute Gasteiger partial charge is 0.504 e. The Hall–Kier alpha value is -2.48. The topological polar surface area (TPSA) is 125 Å². The third-order valence-corrected chi connectivity index (χ3v) is 3.41. The van der Waals surface area contributed by atoms with Crippen molar-refractivity contribution in [3.63, 3.8) is 0 Å². The van der Waals surface area contributed by atoms with Gasteiger partial charge in [-0.15, -0.1) is 12.4 Å². The summed E-state index contributed by atoms with van der Waals surface area (Å²) in [6.07, 6.45) is -0.814. The van der Waals surface area contributed by atoms with Crippen LogP contribution in [0, 0.1) is 0 Å². The van der Waals surface area contributed by atoms with Crippen molar-refractivity contribution in [2.75, 3.05) is 19.7 Å². The van der Waals surface area contributed by atoms with Gasteiger partial charge in [-0.05, 0) is 42.0 Å². The van der Waals surface area contributed by atoms with Gasteiger partial charge < -0.3 is 31.1 Å². The monoisotopic (exact) mass is 368 g/mol. The molecule has 0 aliphatic carbocycles. The number of rotatable bonds is 8. The number of hydrogen-bond acceptors (Lipinski definition) is 6. The second-order valence-corrected chi connectivity index (χ2v) is 5.21. The van der Waals surface area contributed by atoms with Crippen molar-refractivity contribution < 1.29 is 24.9 Å². The molecule has 0 heterocycles. The third kappa shape index (κ3) is 6.15. The molecule has 136 valence electrons. The van der Waals surface area contributed by atoms with Crippen LogP contribution in [-0.2, 0) is 0 Å². The van der Waals surface area contributed by atoms with E-state index >= 15 is 0 Å². The summed E-state index contributed by atoms with van der Waals surface area (Å²) in [6.45, 7) is 1.15. The Bertz CT molecular complexity index is 694. The summed E-state index contributed by atoms with van der Waals surface area (Å²) in [5.41, 5.74) is 6.07. The van der Waals surface area contributed by atoms with E-state index in [1.165, 1.54) is 18.2 Å². The minimum Gasteiger partial charge on any atom is -0.504 e. The Morgan fingerprint density at radius 3 is 2.40 bits per heavy atom. The number of aromatic hydroxyl groups is 2. The first-order valence-corrected chi connectivity index (χ1v) is 7.40. The Morgan fingerprint density at radius 1 is 1.12 bits per heavy atom. The molecule has 0 bridgehead atoms. The highest BCUT2D eigenvalue weighted by Crippen LogP contribution is 2.27. The van der Waals surface area contributed by atoms with Crippen molar-refractivity contribution in [3.8, 4) is 17.2 Å². The first-order chi connectivity index (χ1) is 11.5. The molecule has 1 amide bonds. The first-order valence-electron chi connectivity index (χ1n) is 7.40. The van der Waals surface area contributed by atoms with E-state index in [1.54, 1.807) is 24.3 Å². The number of phenolic OH excluding ortho intramolecular Hbond substituents is 2. The van der Waals surface area contributed by atoms with Crippen LogP contribution in [0.1, 0.15) is 22.0 Å². The number of carbonyl (C=O) groups excluding carboxylic acids is 1. The minimum absolute atomic E-state index is 0. The van der Waals surface area contributed by atoms with Crippen LogP contribution in [0.15, 0.2) is 42.5 Å². The van der Waals surface area contributed by atoms with Crippen molar-refractivity contribution in [1.29, 1.82) is 0 Å². The molecule has 2 aromatic carbocycles. The van der Waals surface area contributed by atoms with Gasteiger partial charge in [0, 0.05) is 18.7 Å². The van der Waals surface area contributed by atoms with Gasteiger partial charge in [0.25, 0.3) is 0 Å². The summed E-state index contributed by atoms with van der Waals surface area (Å²) in [5, 5.41) is 31.7. The zero-order chi connectivity index (χ0) is 17.5. The number of aliphatic hydroxyl groups excluding tert-OH is 1. The third-order valence-electron chi connectivity index (χ3n) is 3.41.